The van der Waals surface area contributed by atoms with E-state index in [4.69, 9.17) is 16.0 Å². The lowest BCUT2D eigenvalue weighted by Crippen LogP contribution is -2.42. The van der Waals surface area contributed by atoms with E-state index in [0.29, 0.717) is 17.3 Å². The van der Waals surface area contributed by atoms with Crippen LogP contribution >= 0.6 is 23.4 Å². The summed E-state index contributed by atoms with van der Waals surface area (Å²) in [5.41, 5.74) is 0.598. The number of hydrogen-bond acceptors (Lipinski definition) is 4. The first-order chi connectivity index (χ1) is 11.7. The maximum Gasteiger partial charge on any atom is 0.319 e. The minimum atomic E-state index is -0.272. The normalized spacial score (nSPS) is 16.5. The van der Waals surface area contributed by atoms with E-state index >= 15 is 0 Å². The van der Waals surface area contributed by atoms with Crippen LogP contribution < -0.4 is 10.6 Å². The molecule has 1 aliphatic heterocycles. The Labute approximate surface area is 150 Å². The number of rotatable bonds is 5. The van der Waals surface area contributed by atoms with E-state index in [1.807, 2.05) is 36.0 Å². The van der Waals surface area contributed by atoms with Crippen molar-refractivity contribution < 1.29 is 9.21 Å². The quantitative estimate of drug-likeness (QED) is 0.845. The van der Waals surface area contributed by atoms with Crippen LogP contribution in [-0.2, 0) is 0 Å². The molecule has 2 N–H and O–H groups in total. The summed E-state index contributed by atoms with van der Waals surface area (Å²) < 4.78 is 5.58. The van der Waals surface area contributed by atoms with Crippen molar-refractivity contribution in [2.75, 3.05) is 36.5 Å². The highest BCUT2D eigenvalue weighted by Gasteiger charge is 2.25. The van der Waals surface area contributed by atoms with Crippen LogP contribution in [0.5, 0.6) is 0 Å². The highest BCUT2D eigenvalue weighted by molar-refractivity contribution is 7.99. The molecule has 1 saturated heterocycles. The molecule has 2 aromatic rings. The van der Waals surface area contributed by atoms with Crippen molar-refractivity contribution in [2.45, 2.75) is 6.04 Å². The number of anilines is 1. The minimum absolute atomic E-state index is 0.0397. The number of carbonyl (C=O) groups excluding carboxylic acids is 1. The molecule has 1 atom stereocenters. The summed E-state index contributed by atoms with van der Waals surface area (Å²) in [6.45, 7) is 2.46. The Morgan fingerprint density at radius 1 is 1.25 bits per heavy atom. The first kappa shape index (κ1) is 17.2. The average Bonchev–Trinajstić information content (AvgIpc) is 3.12. The van der Waals surface area contributed by atoms with Gasteiger partial charge in [0.15, 0.2) is 0 Å². The van der Waals surface area contributed by atoms with Gasteiger partial charge in [-0.25, -0.2) is 4.79 Å². The van der Waals surface area contributed by atoms with Gasteiger partial charge < -0.3 is 15.1 Å². The van der Waals surface area contributed by atoms with E-state index in [0.717, 1.165) is 30.4 Å². The van der Waals surface area contributed by atoms with Gasteiger partial charge in [0.1, 0.15) is 5.76 Å². The Bertz CT molecular complexity index is 660. The SMILES string of the molecule is O=C(NC[C@H](c1ccco1)N1CCSCC1)Nc1ccccc1Cl. The summed E-state index contributed by atoms with van der Waals surface area (Å²) in [5.74, 6) is 3.08. The predicted octanol–water partition coefficient (Wildman–Crippen LogP) is 3.84. The van der Waals surface area contributed by atoms with Gasteiger partial charge >= 0.3 is 6.03 Å². The molecule has 0 radical (unpaired) electrons. The van der Waals surface area contributed by atoms with Gasteiger partial charge in [0, 0.05) is 31.1 Å². The van der Waals surface area contributed by atoms with Gasteiger partial charge in [-0.1, -0.05) is 23.7 Å². The van der Waals surface area contributed by atoms with E-state index in [1.54, 1.807) is 18.4 Å². The fourth-order valence-corrected chi connectivity index (χ4v) is 3.81. The molecule has 0 aliphatic carbocycles. The smallest absolute Gasteiger partial charge is 0.319 e. The molecule has 5 nitrogen and oxygen atoms in total. The van der Waals surface area contributed by atoms with Gasteiger partial charge in [-0.15, -0.1) is 0 Å². The monoisotopic (exact) mass is 365 g/mol. The Kier molecular flexibility index (Phi) is 6.07. The molecular weight excluding hydrogens is 346 g/mol. The van der Waals surface area contributed by atoms with Crippen molar-refractivity contribution >= 4 is 35.1 Å². The van der Waals surface area contributed by atoms with Gasteiger partial charge in [-0.05, 0) is 24.3 Å². The molecule has 128 valence electrons. The van der Waals surface area contributed by atoms with E-state index in [2.05, 4.69) is 15.5 Å². The molecule has 2 heterocycles. The van der Waals surface area contributed by atoms with Crippen molar-refractivity contribution in [2.24, 2.45) is 0 Å². The maximum atomic E-state index is 12.2. The number of nitrogens with zero attached hydrogens (tertiary/aromatic N) is 1. The zero-order valence-corrected chi connectivity index (χ0v) is 14.8. The fourth-order valence-electron chi connectivity index (χ4n) is 2.70. The minimum Gasteiger partial charge on any atom is -0.468 e. The number of nitrogens with one attached hydrogen (secondary N) is 2. The summed E-state index contributed by atoms with van der Waals surface area (Å²) in [5, 5.41) is 6.22. The molecule has 24 heavy (non-hydrogen) atoms. The van der Waals surface area contributed by atoms with Crippen LogP contribution in [0.1, 0.15) is 11.8 Å². The lowest BCUT2D eigenvalue weighted by atomic mass is 10.2. The average molecular weight is 366 g/mol. The Balaban J connectivity index is 1.61. The third-order valence-electron chi connectivity index (χ3n) is 3.94. The molecule has 3 rings (SSSR count). The first-order valence-electron chi connectivity index (χ1n) is 7.88. The predicted molar refractivity (Wildman–Crippen MR) is 98.8 cm³/mol. The third-order valence-corrected chi connectivity index (χ3v) is 5.21. The van der Waals surface area contributed by atoms with Crippen LogP contribution in [0.4, 0.5) is 10.5 Å². The van der Waals surface area contributed by atoms with Gasteiger partial charge in [-0.3, -0.25) is 4.90 Å². The number of carbonyl (C=O) groups is 1. The number of thioether (sulfide) groups is 1. The molecule has 0 saturated carbocycles. The van der Waals surface area contributed by atoms with Crippen LogP contribution in [0.2, 0.25) is 5.02 Å². The van der Waals surface area contributed by atoms with Crippen molar-refractivity contribution in [3.63, 3.8) is 0 Å². The highest BCUT2D eigenvalue weighted by atomic mass is 35.5. The molecular formula is C17H20ClN3O2S. The lowest BCUT2D eigenvalue weighted by Gasteiger charge is -2.33. The molecule has 1 aromatic carbocycles. The molecule has 0 bridgehead atoms. The van der Waals surface area contributed by atoms with Crippen molar-refractivity contribution in [3.8, 4) is 0 Å². The Morgan fingerprint density at radius 2 is 2.04 bits per heavy atom. The lowest BCUT2D eigenvalue weighted by molar-refractivity contribution is 0.187. The summed E-state index contributed by atoms with van der Waals surface area (Å²) in [6.07, 6.45) is 1.67. The molecule has 0 spiro atoms. The largest absolute Gasteiger partial charge is 0.468 e. The third kappa shape index (κ3) is 4.47. The van der Waals surface area contributed by atoms with E-state index < -0.39 is 0 Å². The first-order valence-corrected chi connectivity index (χ1v) is 9.42. The fraction of sp³-hybridized carbons (Fsp3) is 0.353. The van der Waals surface area contributed by atoms with Crippen molar-refractivity contribution in [1.29, 1.82) is 0 Å². The second kappa shape index (κ2) is 8.46. The molecule has 2 amide bonds. The Hall–Kier alpha value is -1.63. The van der Waals surface area contributed by atoms with Crippen LogP contribution in [0, 0.1) is 0 Å². The van der Waals surface area contributed by atoms with Crippen LogP contribution in [-0.4, -0.2) is 42.1 Å². The summed E-state index contributed by atoms with van der Waals surface area (Å²) >= 11 is 8.02. The second-order valence-electron chi connectivity index (χ2n) is 5.49. The maximum absolute atomic E-state index is 12.2. The van der Waals surface area contributed by atoms with Gasteiger partial charge in [0.2, 0.25) is 0 Å². The molecule has 0 unspecified atom stereocenters. The van der Waals surface area contributed by atoms with Gasteiger partial charge in [0.05, 0.1) is 23.0 Å². The summed E-state index contributed by atoms with van der Waals surface area (Å²) in [4.78, 5) is 14.5. The topological polar surface area (TPSA) is 57.5 Å². The number of furan rings is 1. The van der Waals surface area contributed by atoms with Crippen LogP contribution in [0.3, 0.4) is 0 Å². The van der Waals surface area contributed by atoms with Gasteiger partial charge in [-0.2, -0.15) is 11.8 Å². The summed E-state index contributed by atoms with van der Waals surface area (Å²) in [6, 6.07) is 10.8. The Morgan fingerprint density at radius 3 is 2.75 bits per heavy atom. The second-order valence-corrected chi connectivity index (χ2v) is 7.13. The highest BCUT2D eigenvalue weighted by Crippen LogP contribution is 2.24. The summed E-state index contributed by atoms with van der Waals surface area (Å²) in [7, 11) is 0. The van der Waals surface area contributed by atoms with Crippen LogP contribution in [0.25, 0.3) is 0 Å². The number of amides is 2. The molecule has 1 fully saturated rings. The zero-order valence-electron chi connectivity index (χ0n) is 13.2. The van der Waals surface area contributed by atoms with E-state index in [9.17, 15) is 4.79 Å². The number of hydrogen-bond donors (Lipinski definition) is 2. The van der Waals surface area contributed by atoms with Gasteiger partial charge in [0.25, 0.3) is 0 Å². The number of halogens is 1. The molecule has 1 aromatic heterocycles. The number of urea groups is 1. The molecule has 7 heteroatoms. The zero-order chi connectivity index (χ0) is 16.8. The van der Waals surface area contributed by atoms with Crippen molar-refractivity contribution in [1.82, 2.24) is 10.2 Å². The van der Waals surface area contributed by atoms with E-state index in [1.165, 1.54) is 0 Å². The van der Waals surface area contributed by atoms with E-state index in [-0.39, 0.29) is 12.1 Å². The number of benzene rings is 1. The van der Waals surface area contributed by atoms with Crippen LogP contribution in [0.15, 0.2) is 47.1 Å². The molecule has 1 aliphatic rings. The standard InChI is InChI=1S/C17H20ClN3O2S/c18-13-4-1-2-5-14(13)20-17(22)19-12-15(16-6-3-9-23-16)21-7-10-24-11-8-21/h1-6,9,15H,7-8,10-12H2,(H2,19,20,22)/t15-/m1/s1. The van der Waals surface area contributed by atoms with Crippen molar-refractivity contribution in [3.05, 3.63) is 53.4 Å². The number of para-hydroxylation sites is 1.